The number of methoxy groups -OCH3 is 4. The zero-order valence-electron chi connectivity index (χ0n) is 23.6. The zero-order valence-corrected chi connectivity index (χ0v) is 23.6. The summed E-state index contributed by atoms with van der Waals surface area (Å²) >= 11 is 0. The Morgan fingerprint density at radius 1 is 0.619 bits per heavy atom. The van der Waals surface area contributed by atoms with Crippen molar-refractivity contribution in [1.82, 2.24) is 0 Å². The largest absolute Gasteiger partial charge is 0.502 e. The highest BCUT2D eigenvalue weighted by molar-refractivity contribution is 5.55. The second kappa shape index (κ2) is 13.5. The average molecular weight is 599 g/mol. The number of aliphatic hydroxyl groups excluding tert-OH is 5. The Balaban J connectivity index is 1.74. The van der Waals surface area contributed by atoms with Crippen molar-refractivity contribution in [3.63, 3.8) is 0 Å². The van der Waals surface area contributed by atoms with E-state index in [0.29, 0.717) is 11.1 Å². The van der Waals surface area contributed by atoms with Crippen LogP contribution in [-0.2, 0) is 14.2 Å². The molecule has 0 spiro atoms. The summed E-state index contributed by atoms with van der Waals surface area (Å²) in [6.07, 6.45) is -9.03. The fourth-order valence-electron chi connectivity index (χ4n) is 5.47. The zero-order chi connectivity index (χ0) is 30.7. The molecular formula is C28H38O14. The molecule has 14 nitrogen and oxygen atoms in total. The topological polar surface area (TPSA) is 206 Å². The van der Waals surface area contributed by atoms with Crippen molar-refractivity contribution >= 4 is 0 Å². The predicted octanol–water partition coefficient (Wildman–Crippen LogP) is -0.0140. The van der Waals surface area contributed by atoms with E-state index >= 15 is 0 Å². The van der Waals surface area contributed by atoms with Gasteiger partial charge in [-0.3, -0.25) is 0 Å². The Hall–Kier alpha value is -3.08. The van der Waals surface area contributed by atoms with E-state index in [0.717, 1.165) is 0 Å². The maximum Gasteiger partial charge on any atom is 0.200 e. The molecule has 9 atom stereocenters. The van der Waals surface area contributed by atoms with E-state index in [1.807, 2.05) is 0 Å². The molecule has 0 saturated carbocycles. The Morgan fingerprint density at radius 2 is 1.07 bits per heavy atom. The predicted molar refractivity (Wildman–Crippen MR) is 143 cm³/mol. The maximum atomic E-state index is 10.6. The van der Waals surface area contributed by atoms with Crippen molar-refractivity contribution in [2.24, 2.45) is 11.8 Å². The highest BCUT2D eigenvalue weighted by Crippen LogP contribution is 2.53. The summed E-state index contributed by atoms with van der Waals surface area (Å²) in [5.74, 6) is -1.27. The summed E-state index contributed by atoms with van der Waals surface area (Å²) in [6, 6.07) is 6.22. The lowest BCUT2D eigenvalue weighted by atomic mass is 9.83. The van der Waals surface area contributed by atoms with Crippen molar-refractivity contribution in [3.05, 3.63) is 35.4 Å². The number of hydrogen-bond donors (Lipinski definition) is 7. The molecule has 2 aromatic rings. The third-order valence-electron chi connectivity index (χ3n) is 7.79. The summed E-state index contributed by atoms with van der Waals surface area (Å²) in [6.45, 7) is -1.20. The van der Waals surface area contributed by atoms with Crippen molar-refractivity contribution in [2.75, 3.05) is 48.3 Å². The van der Waals surface area contributed by atoms with Crippen LogP contribution in [0.1, 0.15) is 23.3 Å². The number of hydrogen-bond acceptors (Lipinski definition) is 14. The van der Waals surface area contributed by atoms with Gasteiger partial charge in [0, 0.05) is 18.4 Å². The van der Waals surface area contributed by atoms with E-state index in [1.54, 1.807) is 24.3 Å². The highest BCUT2D eigenvalue weighted by atomic mass is 16.7. The average Bonchev–Trinajstić information content (AvgIpc) is 3.38. The molecule has 2 fully saturated rings. The van der Waals surface area contributed by atoms with Gasteiger partial charge in [0.2, 0.25) is 11.5 Å². The summed E-state index contributed by atoms with van der Waals surface area (Å²) in [4.78, 5) is 0. The maximum absolute atomic E-state index is 10.6. The Morgan fingerprint density at radius 3 is 1.48 bits per heavy atom. The Labute approximate surface area is 242 Å². The molecule has 2 heterocycles. The Bertz CT molecular complexity index is 1160. The van der Waals surface area contributed by atoms with Crippen LogP contribution in [-0.4, -0.2) is 115 Å². The van der Waals surface area contributed by atoms with Gasteiger partial charge in [-0.05, 0) is 35.4 Å². The van der Waals surface area contributed by atoms with Crippen LogP contribution in [0, 0.1) is 11.8 Å². The first-order valence-electron chi connectivity index (χ1n) is 13.2. The molecule has 2 saturated heterocycles. The van der Waals surface area contributed by atoms with E-state index in [-0.39, 0.29) is 47.7 Å². The van der Waals surface area contributed by atoms with Gasteiger partial charge in [0.1, 0.15) is 24.4 Å². The minimum Gasteiger partial charge on any atom is -0.502 e. The fourth-order valence-corrected chi connectivity index (χ4v) is 5.47. The van der Waals surface area contributed by atoms with Crippen molar-refractivity contribution in [2.45, 2.75) is 42.9 Å². The van der Waals surface area contributed by atoms with Crippen LogP contribution in [0.15, 0.2) is 24.3 Å². The molecule has 0 unspecified atom stereocenters. The minimum atomic E-state index is -1.64. The van der Waals surface area contributed by atoms with Crippen LogP contribution in [0.3, 0.4) is 0 Å². The van der Waals surface area contributed by atoms with Gasteiger partial charge in [0.25, 0.3) is 0 Å². The molecule has 2 aromatic carbocycles. The molecule has 234 valence electrons. The standard InChI is InChI=1S/C28H38O14/c1-36-16-5-12(6-17(37-2)21(16)31)26-14(9-29)15(11-40-28-25(35)24(34)23(33)20(10-30)41-28)27(42-26)13-7-18(38-3)22(32)19(8-13)39-4/h5-8,14-15,20,23-35H,9-11H2,1-4H3/t14-,15-,20-,23-,24+,25-,26+,27+,28-/m1/s1. The summed E-state index contributed by atoms with van der Waals surface area (Å²) in [7, 11) is 5.52. The van der Waals surface area contributed by atoms with Crippen molar-refractivity contribution < 1.29 is 68.9 Å². The first-order valence-corrected chi connectivity index (χ1v) is 13.2. The second-order valence-electron chi connectivity index (χ2n) is 10.1. The molecule has 7 N–H and O–H groups in total. The molecule has 0 aliphatic carbocycles. The van der Waals surface area contributed by atoms with Gasteiger partial charge in [-0.1, -0.05) is 0 Å². The number of ether oxygens (including phenoxy) is 7. The molecule has 2 aliphatic heterocycles. The molecule has 0 radical (unpaired) electrons. The highest BCUT2D eigenvalue weighted by Gasteiger charge is 2.49. The third kappa shape index (κ3) is 5.89. The van der Waals surface area contributed by atoms with Gasteiger partial charge in [-0.25, -0.2) is 0 Å². The summed E-state index contributed by atoms with van der Waals surface area (Å²) in [5, 5.41) is 71.9. The number of aliphatic hydroxyl groups is 5. The fraction of sp³-hybridized carbons (Fsp3) is 0.571. The van der Waals surface area contributed by atoms with Gasteiger partial charge >= 0.3 is 0 Å². The molecule has 0 aromatic heterocycles. The van der Waals surface area contributed by atoms with Gasteiger partial charge in [0.15, 0.2) is 29.3 Å². The number of rotatable bonds is 11. The van der Waals surface area contributed by atoms with Gasteiger partial charge in [0.05, 0.1) is 53.9 Å². The summed E-state index contributed by atoms with van der Waals surface area (Å²) in [5.41, 5.74) is 1.01. The van der Waals surface area contributed by atoms with Crippen molar-refractivity contribution in [1.29, 1.82) is 0 Å². The van der Waals surface area contributed by atoms with Crippen LogP contribution in [0.25, 0.3) is 0 Å². The summed E-state index contributed by atoms with van der Waals surface area (Å²) < 4.78 is 39.2. The van der Waals surface area contributed by atoms with E-state index in [2.05, 4.69) is 0 Å². The third-order valence-corrected chi connectivity index (χ3v) is 7.79. The van der Waals surface area contributed by atoms with Gasteiger partial charge in [-0.15, -0.1) is 0 Å². The van der Waals surface area contributed by atoms with E-state index in [1.165, 1.54) is 28.4 Å². The molecule has 4 rings (SSSR count). The lowest BCUT2D eigenvalue weighted by Gasteiger charge is -2.40. The van der Waals surface area contributed by atoms with Crippen LogP contribution in [0.4, 0.5) is 0 Å². The number of phenolic OH excluding ortho intramolecular Hbond substituents is 2. The number of benzene rings is 2. The molecule has 0 amide bonds. The lowest BCUT2D eigenvalue weighted by molar-refractivity contribution is -0.304. The van der Waals surface area contributed by atoms with Crippen LogP contribution < -0.4 is 18.9 Å². The SMILES string of the molecule is COc1cc([C@@H]2O[C@@H](c3cc(OC)c(O)c(OC)c3)[C@H](CO[C@@H]3O[C@H](CO)[C@@H](O)[C@H](O)[C@H]3O)[C@H]2CO)cc(OC)c1O. The molecule has 0 bridgehead atoms. The van der Waals surface area contributed by atoms with Crippen molar-refractivity contribution in [3.8, 4) is 34.5 Å². The first kappa shape index (κ1) is 31.8. The van der Waals surface area contributed by atoms with E-state index in [4.69, 9.17) is 33.2 Å². The van der Waals surface area contributed by atoms with E-state index in [9.17, 15) is 35.7 Å². The number of aromatic hydroxyl groups is 2. The molecule has 2 aliphatic rings. The molecule has 42 heavy (non-hydrogen) atoms. The molecular weight excluding hydrogens is 560 g/mol. The van der Waals surface area contributed by atoms with Crippen LogP contribution in [0.5, 0.6) is 34.5 Å². The smallest absolute Gasteiger partial charge is 0.200 e. The van der Waals surface area contributed by atoms with Gasteiger partial charge in [-0.2, -0.15) is 0 Å². The minimum absolute atomic E-state index is 0.110. The normalized spacial score (nSPS) is 31.1. The monoisotopic (exact) mass is 598 g/mol. The molecule has 14 heteroatoms. The van der Waals surface area contributed by atoms with E-state index < -0.39 is 61.4 Å². The lowest BCUT2D eigenvalue weighted by Crippen LogP contribution is -2.59. The van der Waals surface area contributed by atoms with Crippen LogP contribution in [0.2, 0.25) is 0 Å². The van der Waals surface area contributed by atoms with Gasteiger partial charge < -0.3 is 68.9 Å². The second-order valence-corrected chi connectivity index (χ2v) is 10.1. The Kier molecular flexibility index (Phi) is 10.2. The quantitative estimate of drug-likeness (QED) is 0.182. The van der Waals surface area contributed by atoms with Crippen LogP contribution >= 0.6 is 0 Å². The first-order chi connectivity index (χ1) is 20.1. The number of phenols is 2.